The van der Waals surface area contributed by atoms with E-state index < -0.39 is 0 Å². The number of hydrogen-bond acceptors (Lipinski definition) is 6. The van der Waals surface area contributed by atoms with Crippen molar-refractivity contribution >= 4 is 5.95 Å². The van der Waals surface area contributed by atoms with Gasteiger partial charge in [-0.25, -0.2) is 9.97 Å². The van der Waals surface area contributed by atoms with Gasteiger partial charge in [-0.15, -0.1) is 10.2 Å². The number of anilines is 1. The van der Waals surface area contributed by atoms with Crippen molar-refractivity contribution in [2.45, 2.75) is 38.1 Å². The number of likely N-dealkylation sites (tertiary alicyclic amines) is 1. The third kappa shape index (κ3) is 3.13. The molecule has 2 saturated heterocycles. The minimum atomic E-state index is 0.396. The smallest absolute Gasteiger partial charge is 0.225 e. The summed E-state index contributed by atoms with van der Waals surface area (Å²) in [6, 6.07) is 1.86. The van der Waals surface area contributed by atoms with E-state index in [1.54, 1.807) is 0 Å². The molecular weight excluding hydrogens is 302 g/mol. The molecule has 7 nitrogen and oxygen atoms in total. The van der Waals surface area contributed by atoms with Crippen LogP contribution in [0.3, 0.4) is 0 Å². The van der Waals surface area contributed by atoms with Crippen LogP contribution in [-0.4, -0.2) is 55.8 Å². The Balaban J connectivity index is 1.48. The van der Waals surface area contributed by atoms with Crippen LogP contribution in [0.5, 0.6) is 0 Å². The van der Waals surface area contributed by atoms with Gasteiger partial charge in [0.25, 0.3) is 0 Å². The Hall–Kier alpha value is -2.02. The van der Waals surface area contributed by atoms with Gasteiger partial charge in [-0.05, 0) is 44.8 Å². The zero-order valence-electron chi connectivity index (χ0n) is 14.3. The molecule has 2 aromatic heterocycles. The molecule has 4 rings (SSSR count). The molecular formula is C17H25N7. The van der Waals surface area contributed by atoms with Gasteiger partial charge in [0.1, 0.15) is 11.6 Å². The van der Waals surface area contributed by atoms with Gasteiger partial charge in [-0.3, -0.25) is 4.90 Å². The zero-order chi connectivity index (χ0) is 16.4. The van der Waals surface area contributed by atoms with E-state index in [-0.39, 0.29) is 0 Å². The Labute approximate surface area is 142 Å². The monoisotopic (exact) mass is 327 g/mol. The van der Waals surface area contributed by atoms with Crippen LogP contribution in [0.2, 0.25) is 0 Å². The maximum atomic E-state index is 4.53. The van der Waals surface area contributed by atoms with Gasteiger partial charge in [0.15, 0.2) is 0 Å². The molecule has 2 aromatic rings. The van der Waals surface area contributed by atoms with Gasteiger partial charge < -0.3 is 9.47 Å². The Morgan fingerprint density at radius 2 is 1.83 bits per heavy atom. The number of piperidine rings is 1. The summed E-state index contributed by atoms with van der Waals surface area (Å²) in [7, 11) is 2.11. The third-order valence-electron chi connectivity index (χ3n) is 5.18. The predicted molar refractivity (Wildman–Crippen MR) is 91.7 cm³/mol. The average Bonchev–Trinajstić information content (AvgIpc) is 3.27. The highest BCUT2D eigenvalue weighted by Crippen LogP contribution is 2.27. The fourth-order valence-electron chi connectivity index (χ4n) is 3.83. The molecule has 0 N–H and O–H groups in total. The van der Waals surface area contributed by atoms with Crippen LogP contribution in [-0.2, 0) is 13.6 Å². The molecule has 2 aliphatic heterocycles. The fraction of sp³-hybridized carbons (Fsp3) is 0.647. The standard InChI is InChI=1S/C17H25N7/c1-22-15(13-23-9-2-3-10-23)20-21-16(22)14-6-4-11-24(12-14)17-18-7-5-8-19-17/h5,7-8,14H,2-4,6,9-13H2,1H3/t14-/m1/s1. The molecule has 0 radical (unpaired) electrons. The lowest BCUT2D eigenvalue weighted by Gasteiger charge is -2.32. The normalized spacial score (nSPS) is 22.2. The minimum Gasteiger partial charge on any atom is -0.340 e. The Kier molecular flexibility index (Phi) is 4.42. The van der Waals surface area contributed by atoms with E-state index in [1.165, 1.54) is 25.9 Å². The van der Waals surface area contributed by atoms with Crippen LogP contribution in [0, 0.1) is 0 Å². The highest BCUT2D eigenvalue weighted by Gasteiger charge is 2.27. The van der Waals surface area contributed by atoms with Crippen molar-refractivity contribution in [3.63, 3.8) is 0 Å². The molecule has 7 heteroatoms. The largest absolute Gasteiger partial charge is 0.340 e. The lowest BCUT2D eigenvalue weighted by molar-refractivity contribution is 0.317. The van der Waals surface area contributed by atoms with E-state index >= 15 is 0 Å². The van der Waals surface area contributed by atoms with Crippen LogP contribution < -0.4 is 4.90 Å². The molecule has 0 aliphatic carbocycles. The quantitative estimate of drug-likeness (QED) is 0.850. The number of rotatable bonds is 4. The van der Waals surface area contributed by atoms with Crippen molar-refractivity contribution in [2.75, 3.05) is 31.1 Å². The lowest BCUT2D eigenvalue weighted by Crippen LogP contribution is -2.36. The van der Waals surface area contributed by atoms with E-state index in [4.69, 9.17) is 0 Å². The Morgan fingerprint density at radius 1 is 1.04 bits per heavy atom. The van der Waals surface area contributed by atoms with Crippen molar-refractivity contribution in [1.82, 2.24) is 29.6 Å². The van der Waals surface area contributed by atoms with Crippen molar-refractivity contribution < 1.29 is 0 Å². The first-order valence-electron chi connectivity index (χ1n) is 8.94. The van der Waals surface area contributed by atoms with Gasteiger partial charge in [0.05, 0.1) is 6.54 Å². The van der Waals surface area contributed by atoms with Crippen molar-refractivity contribution in [3.8, 4) is 0 Å². The maximum absolute atomic E-state index is 4.53. The lowest BCUT2D eigenvalue weighted by atomic mass is 9.97. The topological polar surface area (TPSA) is 63.0 Å². The summed E-state index contributed by atoms with van der Waals surface area (Å²) in [6.45, 7) is 5.22. The average molecular weight is 327 g/mol. The van der Waals surface area contributed by atoms with E-state index in [0.717, 1.165) is 50.1 Å². The van der Waals surface area contributed by atoms with Gasteiger partial charge in [-0.2, -0.15) is 0 Å². The first-order chi connectivity index (χ1) is 11.8. The summed E-state index contributed by atoms with van der Waals surface area (Å²) in [6.07, 6.45) is 8.51. The molecule has 128 valence electrons. The zero-order valence-corrected chi connectivity index (χ0v) is 14.3. The van der Waals surface area contributed by atoms with Crippen molar-refractivity contribution in [3.05, 3.63) is 30.1 Å². The van der Waals surface area contributed by atoms with Gasteiger partial charge in [0.2, 0.25) is 5.95 Å². The van der Waals surface area contributed by atoms with E-state index in [0.29, 0.717) is 5.92 Å². The summed E-state index contributed by atoms with van der Waals surface area (Å²) in [5, 5.41) is 9.00. The molecule has 4 heterocycles. The van der Waals surface area contributed by atoms with Gasteiger partial charge >= 0.3 is 0 Å². The first kappa shape index (κ1) is 15.5. The summed E-state index contributed by atoms with van der Waals surface area (Å²) in [5.41, 5.74) is 0. The van der Waals surface area contributed by atoms with E-state index in [1.807, 2.05) is 18.5 Å². The highest BCUT2D eigenvalue weighted by molar-refractivity contribution is 5.30. The van der Waals surface area contributed by atoms with Crippen molar-refractivity contribution in [1.29, 1.82) is 0 Å². The summed E-state index contributed by atoms with van der Waals surface area (Å²) >= 11 is 0. The molecule has 0 saturated carbocycles. The molecule has 2 aliphatic rings. The molecule has 0 unspecified atom stereocenters. The highest BCUT2D eigenvalue weighted by atomic mass is 15.3. The molecule has 2 fully saturated rings. The second kappa shape index (κ2) is 6.84. The molecule has 0 spiro atoms. The second-order valence-electron chi connectivity index (χ2n) is 6.85. The fourth-order valence-corrected chi connectivity index (χ4v) is 3.83. The Morgan fingerprint density at radius 3 is 2.62 bits per heavy atom. The number of aromatic nitrogens is 5. The van der Waals surface area contributed by atoms with Gasteiger partial charge in [0, 0.05) is 38.4 Å². The molecule has 0 aromatic carbocycles. The van der Waals surface area contributed by atoms with Crippen molar-refractivity contribution in [2.24, 2.45) is 7.05 Å². The minimum absolute atomic E-state index is 0.396. The molecule has 24 heavy (non-hydrogen) atoms. The van der Waals surface area contributed by atoms with Crippen LogP contribution >= 0.6 is 0 Å². The predicted octanol–water partition coefficient (Wildman–Crippen LogP) is 1.58. The third-order valence-corrected chi connectivity index (χ3v) is 5.18. The first-order valence-corrected chi connectivity index (χ1v) is 8.94. The van der Waals surface area contributed by atoms with Crippen LogP contribution in [0.1, 0.15) is 43.3 Å². The summed E-state index contributed by atoms with van der Waals surface area (Å²) in [5.74, 6) is 3.40. The summed E-state index contributed by atoms with van der Waals surface area (Å²) in [4.78, 5) is 13.5. The van der Waals surface area contributed by atoms with E-state index in [9.17, 15) is 0 Å². The van der Waals surface area contributed by atoms with Crippen LogP contribution in [0.15, 0.2) is 18.5 Å². The number of hydrogen-bond donors (Lipinski definition) is 0. The van der Waals surface area contributed by atoms with Gasteiger partial charge in [-0.1, -0.05) is 0 Å². The number of nitrogens with zero attached hydrogens (tertiary/aromatic N) is 7. The molecule has 0 amide bonds. The van der Waals surface area contributed by atoms with E-state index in [2.05, 4.69) is 41.6 Å². The van der Waals surface area contributed by atoms with Crippen LogP contribution in [0.4, 0.5) is 5.95 Å². The van der Waals surface area contributed by atoms with Crippen LogP contribution in [0.25, 0.3) is 0 Å². The Bertz CT molecular complexity index is 663. The summed E-state index contributed by atoms with van der Waals surface area (Å²) < 4.78 is 2.21. The molecule has 0 bridgehead atoms. The second-order valence-corrected chi connectivity index (χ2v) is 6.85. The maximum Gasteiger partial charge on any atom is 0.225 e. The molecule has 1 atom stereocenters. The SMILES string of the molecule is Cn1c(CN2CCCC2)nnc1[C@@H]1CCCN(c2ncccn2)C1.